The van der Waals surface area contributed by atoms with Crippen LogP contribution < -0.4 is 9.47 Å². The van der Waals surface area contributed by atoms with E-state index in [1.807, 2.05) is 6.07 Å². The topological polar surface area (TPSA) is 58.6 Å². The molecule has 1 spiro atoms. The first-order chi connectivity index (χ1) is 11.0. The Morgan fingerprint density at radius 3 is 3.04 bits per heavy atom. The fourth-order valence-corrected chi connectivity index (χ4v) is 5.83. The van der Waals surface area contributed by atoms with Crippen molar-refractivity contribution in [2.45, 2.75) is 43.2 Å². The maximum atomic E-state index is 13.0. The Kier molecular flexibility index (Phi) is 2.45. The van der Waals surface area contributed by atoms with Gasteiger partial charge in [-0.15, -0.1) is 0 Å². The largest absolute Gasteiger partial charge is 0.633 e. The van der Waals surface area contributed by atoms with E-state index in [1.165, 1.54) is 11.1 Å². The summed E-state index contributed by atoms with van der Waals surface area (Å²) in [6.45, 7) is 0.560. The molecule has 1 saturated heterocycles. The van der Waals surface area contributed by atoms with Gasteiger partial charge in [0.25, 0.3) is 0 Å². The van der Waals surface area contributed by atoms with Crippen LogP contribution in [0.2, 0.25) is 0 Å². The highest BCUT2D eigenvalue weighted by atomic mass is 16.5. The number of likely N-dealkylation sites (tertiary alicyclic amines) is 1. The van der Waals surface area contributed by atoms with Crippen LogP contribution in [-0.2, 0) is 16.6 Å². The molecule has 2 aliphatic heterocycles. The molecule has 0 aromatic heterocycles. The standard InChI is InChI=1S/C18H21NO4/c1-19(21)8-7-18-11-4-5-13(20)17(18)23-16-14(22-2)6-3-10(15(16)18)9-12(11)19/h3,6,11-12,17H,4-5,7-9H2,1-2H3/t11-,12?,17-,18-,19+/m1/s1. The van der Waals surface area contributed by atoms with Gasteiger partial charge in [0.15, 0.2) is 23.4 Å². The molecule has 5 rings (SSSR count). The van der Waals surface area contributed by atoms with Crippen molar-refractivity contribution in [2.75, 3.05) is 20.7 Å². The van der Waals surface area contributed by atoms with Crippen LogP contribution in [0.3, 0.4) is 0 Å². The lowest BCUT2D eigenvalue weighted by atomic mass is 9.51. The highest BCUT2D eigenvalue weighted by Crippen LogP contribution is 2.63. The SMILES string of the molecule is COc1ccc2c3c1O[C@@H]1C(=O)CC[C@@H]4C(C2)[N@@+](C)([O-])CC[C@@]314. The smallest absolute Gasteiger partial charge is 0.174 e. The molecule has 23 heavy (non-hydrogen) atoms. The molecule has 5 atom stereocenters. The zero-order valence-electron chi connectivity index (χ0n) is 13.5. The number of nitrogens with zero attached hydrogens (tertiary/aromatic N) is 1. The number of hydrogen-bond acceptors (Lipinski definition) is 4. The van der Waals surface area contributed by atoms with Crippen molar-refractivity contribution in [1.82, 2.24) is 0 Å². The van der Waals surface area contributed by atoms with Gasteiger partial charge in [0, 0.05) is 30.7 Å². The minimum absolute atomic E-state index is 0.0368. The van der Waals surface area contributed by atoms with Gasteiger partial charge < -0.3 is 19.3 Å². The molecule has 1 unspecified atom stereocenters. The third-order valence-electron chi connectivity index (χ3n) is 6.82. The van der Waals surface area contributed by atoms with Crippen molar-refractivity contribution in [1.29, 1.82) is 0 Å². The number of likely N-dealkylation sites (N-methyl/N-ethyl adjacent to an activating group) is 1. The molecule has 122 valence electrons. The number of quaternary nitrogens is 1. The van der Waals surface area contributed by atoms with E-state index in [0.717, 1.165) is 25.0 Å². The number of hydrogen-bond donors (Lipinski definition) is 0. The predicted octanol–water partition coefficient (Wildman–Crippen LogP) is 1.95. The van der Waals surface area contributed by atoms with Gasteiger partial charge in [0.1, 0.15) is 0 Å². The predicted molar refractivity (Wildman–Crippen MR) is 83.3 cm³/mol. The fraction of sp³-hybridized carbons (Fsp3) is 0.611. The number of hydroxylamine groups is 3. The number of Topliss-reactive ketones (excluding diaryl/α,β-unsaturated/α-hetero) is 1. The average Bonchev–Trinajstić information content (AvgIpc) is 2.88. The van der Waals surface area contributed by atoms with Gasteiger partial charge in [-0.2, -0.15) is 0 Å². The van der Waals surface area contributed by atoms with E-state index in [9.17, 15) is 10.0 Å². The third-order valence-corrected chi connectivity index (χ3v) is 6.82. The summed E-state index contributed by atoms with van der Waals surface area (Å²) in [5, 5.41) is 13.0. The molecule has 2 bridgehead atoms. The Morgan fingerprint density at radius 1 is 1.43 bits per heavy atom. The van der Waals surface area contributed by atoms with Gasteiger partial charge in [-0.25, -0.2) is 0 Å². The lowest BCUT2D eigenvalue weighted by Gasteiger charge is -2.62. The molecule has 0 radical (unpaired) electrons. The molecule has 2 heterocycles. The molecular weight excluding hydrogens is 294 g/mol. The van der Waals surface area contributed by atoms with Crippen molar-refractivity contribution < 1.29 is 18.9 Å². The number of methoxy groups -OCH3 is 1. The van der Waals surface area contributed by atoms with Crippen LogP contribution in [-0.4, -0.2) is 43.3 Å². The van der Waals surface area contributed by atoms with Gasteiger partial charge >= 0.3 is 0 Å². The summed E-state index contributed by atoms with van der Waals surface area (Å²) < 4.78 is 11.5. The number of carbonyl (C=O) groups is 1. The van der Waals surface area contributed by atoms with Gasteiger partial charge in [-0.3, -0.25) is 4.79 Å². The molecule has 1 aromatic carbocycles. The third kappa shape index (κ3) is 1.44. The number of ketones is 1. The van der Waals surface area contributed by atoms with E-state index in [0.29, 0.717) is 18.7 Å². The molecule has 1 saturated carbocycles. The van der Waals surface area contributed by atoms with Gasteiger partial charge in [-0.05, 0) is 18.1 Å². The highest BCUT2D eigenvalue weighted by molar-refractivity contribution is 5.89. The minimum atomic E-state index is -0.422. The summed E-state index contributed by atoms with van der Waals surface area (Å²) in [6.07, 6.45) is 2.43. The van der Waals surface area contributed by atoms with Gasteiger partial charge in [-0.1, -0.05) is 6.07 Å². The molecule has 2 fully saturated rings. The zero-order chi connectivity index (χ0) is 16.0. The summed E-state index contributed by atoms with van der Waals surface area (Å²) >= 11 is 0. The van der Waals surface area contributed by atoms with Crippen molar-refractivity contribution in [3.8, 4) is 11.5 Å². The van der Waals surface area contributed by atoms with E-state index in [1.54, 1.807) is 14.2 Å². The molecule has 5 nitrogen and oxygen atoms in total. The summed E-state index contributed by atoms with van der Waals surface area (Å²) in [5.41, 5.74) is 2.06. The summed E-state index contributed by atoms with van der Waals surface area (Å²) in [5.74, 6) is 1.90. The van der Waals surface area contributed by atoms with Crippen molar-refractivity contribution in [3.05, 3.63) is 28.5 Å². The number of ether oxygens (including phenoxy) is 2. The second-order valence-corrected chi connectivity index (χ2v) is 7.70. The van der Waals surface area contributed by atoms with Crippen molar-refractivity contribution in [2.24, 2.45) is 5.92 Å². The maximum Gasteiger partial charge on any atom is 0.174 e. The van der Waals surface area contributed by atoms with Crippen LogP contribution in [0, 0.1) is 11.1 Å². The molecule has 0 amide bonds. The zero-order valence-corrected chi connectivity index (χ0v) is 13.5. The fourth-order valence-electron chi connectivity index (χ4n) is 5.83. The first-order valence-corrected chi connectivity index (χ1v) is 8.45. The lowest BCUT2D eigenvalue weighted by Crippen LogP contribution is -2.70. The Balaban J connectivity index is 1.81. The number of carbonyl (C=O) groups excluding carboxylic acids is 1. The Morgan fingerprint density at radius 2 is 2.26 bits per heavy atom. The first kappa shape index (κ1) is 13.8. The van der Waals surface area contributed by atoms with Gasteiger partial charge in [0.05, 0.1) is 32.2 Å². The van der Waals surface area contributed by atoms with Crippen molar-refractivity contribution in [3.63, 3.8) is 0 Å². The van der Waals surface area contributed by atoms with E-state index in [4.69, 9.17) is 9.47 Å². The van der Waals surface area contributed by atoms with Crippen LogP contribution in [0.25, 0.3) is 0 Å². The second kappa shape index (κ2) is 4.08. The minimum Gasteiger partial charge on any atom is -0.633 e. The quantitative estimate of drug-likeness (QED) is 0.587. The second-order valence-electron chi connectivity index (χ2n) is 7.70. The maximum absolute atomic E-state index is 13.0. The Hall–Kier alpha value is -1.59. The van der Waals surface area contributed by atoms with Crippen LogP contribution >= 0.6 is 0 Å². The van der Waals surface area contributed by atoms with Crippen LogP contribution in [0.15, 0.2) is 12.1 Å². The van der Waals surface area contributed by atoms with E-state index in [-0.39, 0.29) is 27.8 Å². The van der Waals surface area contributed by atoms with E-state index in [2.05, 4.69) is 6.07 Å². The Bertz CT molecular complexity index is 728. The van der Waals surface area contributed by atoms with Gasteiger partial charge in [0.2, 0.25) is 0 Å². The first-order valence-electron chi connectivity index (χ1n) is 8.45. The summed E-state index contributed by atoms with van der Waals surface area (Å²) in [4.78, 5) is 12.6. The lowest BCUT2D eigenvalue weighted by molar-refractivity contribution is -0.899. The van der Waals surface area contributed by atoms with Crippen LogP contribution in [0.5, 0.6) is 11.5 Å². The van der Waals surface area contributed by atoms with E-state index < -0.39 is 6.10 Å². The number of rotatable bonds is 1. The molecule has 1 aromatic rings. The average molecular weight is 315 g/mol. The van der Waals surface area contributed by atoms with E-state index >= 15 is 0 Å². The number of piperidine rings is 1. The molecular formula is C18H21NO4. The molecule has 5 heteroatoms. The van der Waals surface area contributed by atoms with Crippen LogP contribution in [0.4, 0.5) is 0 Å². The normalized spacial score (nSPS) is 42.9. The molecule has 2 aliphatic carbocycles. The van der Waals surface area contributed by atoms with Crippen molar-refractivity contribution >= 4 is 5.78 Å². The monoisotopic (exact) mass is 315 g/mol. The molecule has 0 N–H and O–H groups in total. The summed E-state index contributed by atoms with van der Waals surface area (Å²) in [7, 11) is 3.44. The summed E-state index contributed by atoms with van der Waals surface area (Å²) in [6, 6.07) is 4.02. The number of benzene rings is 1. The molecule has 4 aliphatic rings. The van der Waals surface area contributed by atoms with Crippen LogP contribution in [0.1, 0.15) is 30.4 Å². The Labute approximate surface area is 135 Å². The highest BCUT2D eigenvalue weighted by Gasteiger charge is 2.68.